The Balaban J connectivity index is 1.32. The summed E-state index contributed by atoms with van der Waals surface area (Å²) in [6.45, 7) is 5.35. The van der Waals surface area contributed by atoms with Crippen LogP contribution in [0.3, 0.4) is 0 Å². The second-order valence-electron chi connectivity index (χ2n) is 15.6. The zero-order chi connectivity index (χ0) is 42.2. The molecule has 1 heterocycles. The summed E-state index contributed by atoms with van der Waals surface area (Å²) < 4.78 is 40.8. The minimum Gasteiger partial charge on any atom is -0.374 e. The quantitative estimate of drug-likeness (QED) is 0.0715. The molecule has 6 aromatic carbocycles. The molecular weight excluding hydrogens is 784 g/mol. The number of halogens is 1. The lowest BCUT2D eigenvalue weighted by Gasteiger charge is -2.47. The molecule has 0 amide bonds. The molecule has 0 saturated carbocycles. The lowest BCUT2D eigenvalue weighted by molar-refractivity contribution is -0.275. The molecule has 1 saturated heterocycles. The highest BCUT2D eigenvalue weighted by Crippen LogP contribution is 2.41. The fourth-order valence-electron chi connectivity index (χ4n) is 7.66. The van der Waals surface area contributed by atoms with Crippen LogP contribution in [0.2, 0.25) is 5.02 Å². The second-order valence-corrected chi connectivity index (χ2v) is 16.0. The summed E-state index contributed by atoms with van der Waals surface area (Å²) in [5.41, 5.74) is 9.09. The zero-order valence-corrected chi connectivity index (χ0v) is 35.8. The Hall–Kier alpha value is -4.96. The lowest BCUT2D eigenvalue weighted by atomic mass is 9.87. The molecule has 1 aliphatic heterocycles. The number of aryl methyl sites for hydroxylation is 1. The van der Waals surface area contributed by atoms with Crippen LogP contribution >= 0.6 is 11.6 Å². The average Bonchev–Trinajstić information content (AvgIpc) is 3.29. The normalized spacial score (nSPS) is 18.8. The number of benzene rings is 6. The van der Waals surface area contributed by atoms with E-state index in [0.717, 1.165) is 50.9 Å². The van der Waals surface area contributed by atoms with E-state index < -0.39 is 30.5 Å². The van der Waals surface area contributed by atoms with Gasteiger partial charge in [0.15, 0.2) is 5.78 Å². The predicted octanol–water partition coefficient (Wildman–Crippen LogP) is 11.0. The van der Waals surface area contributed by atoms with Crippen LogP contribution in [-0.4, -0.2) is 43.4 Å². The molecule has 61 heavy (non-hydrogen) atoms. The Morgan fingerprint density at radius 1 is 0.541 bits per heavy atom. The van der Waals surface area contributed by atoms with Crippen molar-refractivity contribution in [1.82, 2.24) is 0 Å². The summed E-state index contributed by atoms with van der Waals surface area (Å²) in [5.74, 6) is -0.0683. The number of hydrogen-bond donors (Lipinski definition) is 0. The highest BCUT2D eigenvalue weighted by molar-refractivity contribution is 6.31. The average molecular weight is 839 g/mol. The van der Waals surface area contributed by atoms with Crippen LogP contribution in [0.4, 0.5) is 0 Å². The standard InChI is InChI=1S/C53H55ClO7/c1-3-39-24-26-40(27-25-39)28-45-29-47(46(30-48(45)54)36-56-31-38(2)55)50-52(59-34-43-20-12-6-13-21-43)53(60-35-44-22-14-7-15-23-44)51(58-33-42-18-10-5-11-19-42)49(61-50)37-57-32-41-16-8-4-9-17-41/h4-27,29-30,49-53H,3,28,31-37H2,1-2H3/t49-,50?,51-,52?,53+/m1/s1. The maximum absolute atomic E-state index is 12.1. The molecule has 6 aromatic rings. The van der Waals surface area contributed by atoms with Crippen molar-refractivity contribution in [1.29, 1.82) is 0 Å². The van der Waals surface area contributed by atoms with Gasteiger partial charge in [-0.2, -0.15) is 0 Å². The SMILES string of the molecule is CCc1ccc(Cc2cc(C3O[C@H](COCc4ccccc4)[C@@H](OCc4ccccc4)[C@H](OCc4ccccc4)C3OCc3ccccc3)c(COCC(C)=O)cc2Cl)cc1. The van der Waals surface area contributed by atoms with Gasteiger partial charge >= 0.3 is 0 Å². The topological polar surface area (TPSA) is 72.5 Å². The summed E-state index contributed by atoms with van der Waals surface area (Å²) >= 11 is 7.13. The van der Waals surface area contributed by atoms with E-state index in [0.29, 0.717) is 37.9 Å². The van der Waals surface area contributed by atoms with Gasteiger partial charge in [-0.15, -0.1) is 0 Å². The van der Waals surface area contributed by atoms with Crippen molar-refractivity contribution in [3.05, 3.63) is 213 Å². The molecule has 0 radical (unpaired) electrons. The molecule has 1 aliphatic rings. The molecule has 0 aromatic heterocycles. The van der Waals surface area contributed by atoms with Crippen LogP contribution in [0, 0.1) is 0 Å². The van der Waals surface area contributed by atoms with Gasteiger partial charge in [-0.25, -0.2) is 0 Å². The summed E-state index contributed by atoms with van der Waals surface area (Å²) in [4.78, 5) is 12.1. The maximum Gasteiger partial charge on any atom is 0.155 e. The Morgan fingerprint density at radius 3 is 1.56 bits per heavy atom. The molecule has 0 N–H and O–H groups in total. The Kier molecular flexibility index (Phi) is 16.5. The Morgan fingerprint density at radius 2 is 1.03 bits per heavy atom. The number of ketones is 1. The van der Waals surface area contributed by atoms with Crippen molar-refractivity contribution >= 4 is 17.4 Å². The van der Waals surface area contributed by atoms with Gasteiger partial charge in [-0.05, 0) is 75.9 Å². The van der Waals surface area contributed by atoms with Gasteiger partial charge < -0.3 is 28.4 Å². The zero-order valence-electron chi connectivity index (χ0n) is 35.0. The molecule has 7 rings (SSSR count). The first-order valence-electron chi connectivity index (χ1n) is 21.1. The van der Waals surface area contributed by atoms with Crippen molar-refractivity contribution in [2.45, 2.75) is 90.2 Å². The van der Waals surface area contributed by atoms with Crippen LogP contribution in [0.5, 0.6) is 0 Å². The summed E-state index contributed by atoms with van der Waals surface area (Å²) in [7, 11) is 0. The number of carbonyl (C=O) groups excluding carboxylic acids is 1. The van der Waals surface area contributed by atoms with E-state index in [1.54, 1.807) is 0 Å². The van der Waals surface area contributed by atoms with E-state index >= 15 is 0 Å². The van der Waals surface area contributed by atoms with Gasteiger partial charge in [-0.3, -0.25) is 4.79 Å². The molecule has 316 valence electrons. The third-order valence-electron chi connectivity index (χ3n) is 10.9. The van der Waals surface area contributed by atoms with Crippen LogP contribution in [0.25, 0.3) is 0 Å². The fraction of sp³-hybridized carbons (Fsp3) is 0.302. The number of hydrogen-bond acceptors (Lipinski definition) is 7. The number of Topliss-reactive ketones (excluding diaryl/α,β-unsaturated/α-hetero) is 1. The number of carbonyl (C=O) groups is 1. The Bertz CT molecular complexity index is 2220. The van der Waals surface area contributed by atoms with Crippen molar-refractivity contribution in [3.8, 4) is 0 Å². The minimum atomic E-state index is -0.680. The van der Waals surface area contributed by atoms with Crippen molar-refractivity contribution in [3.63, 3.8) is 0 Å². The maximum atomic E-state index is 12.1. The van der Waals surface area contributed by atoms with Crippen molar-refractivity contribution in [2.24, 2.45) is 0 Å². The molecule has 1 fully saturated rings. The van der Waals surface area contributed by atoms with Gasteiger partial charge in [-0.1, -0.05) is 170 Å². The largest absolute Gasteiger partial charge is 0.374 e. The third-order valence-corrected chi connectivity index (χ3v) is 11.2. The first-order valence-corrected chi connectivity index (χ1v) is 21.5. The highest BCUT2D eigenvalue weighted by Gasteiger charge is 2.49. The van der Waals surface area contributed by atoms with Gasteiger partial charge in [0.25, 0.3) is 0 Å². The highest BCUT2D eigenvalue weighted by atomic mass is 35.5. The van der Waals surface area contributed by atoms with Crippen molar-refractivity contribution < 1.29 is 33.2 Å². The minimum absolute atomic E-state index is 0.0315. The molecule has 0 aliphatic carbocycles. The van der Waals surface area contributed by atoms with E-state index in [-0.39, 0.29) is 25.6 Å². The van der Waals surface area contributed by atoms with E-state index in [9.17, 15) is 4.79 Å². The summed E-state index contributed by atoms with van der Waals surface area (Å²) in [5, 5.41) is 0.603. The molecule has 2 unspecified atom stereocenters. The van der Waals surface area contributed by atoms with Crippen molar-refractivity contribution in [2.75, 3.05) is 13.2 Å². The molecular formula is C53H55ClO7. The number of ether oxygens (including phenoxy) is 6. The van der Waals surface area contributed by atoms with E-state index in [4.69, 9.17) is 40.0 Å². The molecule has 7 nitrogen and oxygen atoms in total. The smallest absolute Gasteiger partial charge is 0.155 e. The van der Waals surface area contributed by atoms with Crippen LogP contribution in [0.1, 0.15) is 70.0 Å². The predicted molar refractivity (Wildman–Crippen MR) is 239 cm³/mol. The van der Waals surface area contributed by atoms with E-state index in [2.05, 4.69) is 61.5 Å². The van der Waals surface area contributed by atoms with E-state index in [1.807, 2.05) is 103 Å². The van der Waals surface area contributed by atoms with Crippen LogP contribution in [-0.2, 0) is 79.1 Å². The molecule has 0 spiro atoms. The molecule has 5 atom stereocenters. The van der Waals surface area contributed by atoms with Gasteiger partial charge in [0.2, 0.25) is 0 Å². The van der Waals surface area contributed by atoms with Gasteiger partial charge in [0.1, 0.15) is 37.1 Å². The monoisotopic (exact) mass is 838 g/mol. The van der Waals surface area contributed by atoms with Gasteiger partial charge in [0.05, 0.1) is 39.6 Å². The Labute approximate surface area is 365 Å². The first kappa shape index (κ1) is 44.1. The number of rotatable bonds is 21. The summed E-state index contributed by atoms with van der Waals surface area (Å²) in [6, 6.07) is 53.2. The summed E-state index contributed by atoms with van der Waals surface area (Å²) in [6.07, 6.45) is -1.58. The molecule has 0 bridgehead atoms. The lowest BCUT2D eigenvalue weighted by Crippen LogP contribution is -2.58. The van der Waals surface area contributed by atoms with Crippen LogP contribution < -0.4 is 0 Å². The third kappa shape index (κ3) is 12.8. The molecule has 8 heteroatoms. The van der Waals surface area contributed by atoms with Gasteiger partial charge in [0, 0.05) is 5.02 Å². The van der Waals surface area contributed by atoms with Crippen LogP contribution in [0.15, 0.2) is 158 Å². The van der Waals surface area contributed by atoms with E-state index in [1.165, 1.54) is 12.5 Å². The fourth-order valence-corrected chi connectivity index (χ4v) is 7.91. The second kappa shape index (κ2) is 22.8. The first-order chi connectivity index (χ1) is 29.9.